The summed E-state index contributed by atoms with van der Waals surface area (Å²) in [5.74, 6) is -1.04. The Hall–Kier alpha value is -2.09. The number of carbonyl (C=O) groups excluding carboxylic acids is 3. The number of nitrogens with zero attached hydrogens (tertiary/aromatic N) is 1. The molecule has 0 aromatic heterocycles. The second-order valence-electron chi connectivity index (χ2n) is 6.13. The molecule has 27 heavy (non-hydrogen) atoms. The molecule has 1 aliphatic heterocycles. The fourth-order valence-electron chi connectivity index (χ4n) is 2.75. The zero-order chi connectivity index (χ0) is 19.8. The van der Waals surface area contributed by atoms with Gasteiger partial charge < -0.3 is 10.6 Å². The first kappa shape index (κ1) is 19.7. The lowest BCUT2D eigenvalue weighted by Gasteiger charge is -2.22. The Bertz CT molecular complexity index is 953. The van der Waals surface area contributed by atoms with Crippen LogP contribution < -0.4 is 10.6 Å². The summed E-state index contributed by atoms with van der Waals surface area (Å²) in [4.78, 5) is 38.3. The van der Waals surface area contributed by atoms with Gasteiger partial charge in [0.05, 0.1) is 10.0 Å². The maximum atomic E-state index is 12.8. The van der Waals surface area contributed by atoms with Gasteiger partial charge in [0.15, 0.2) is 0 Å². The molecule has 1 heterocycles. The first-order chi connectivity index (χ1) is 12.7. The maximum absolute atomic E-state index is 12.8. The molecule has 4 amide bonds. The minimum absolute atomic E-state index is 0.284. The molecule has 0 aliphatic carbocycles. The lowest BCUT2D eigenvalue weighted by atomic mass is 9.92. The Kier molecular flexibility index (Phi) is 5.46. The maximum Gasteiger partial charge on any atom is 0.325 e. The molecule has 9 heteroatoms. The molecule has 3 rings (SSSR count). The number of anilines is 1. The highest BCUT2D eigenvalue weighted by molar-refractivity contribution is 9.10. The molecule has 140 valence electrons. The highest BCUT2D eigenvalue weighted by Crippen LogP contribution is 2.30. The number of rotatable bonds is 4. The highest BCUT2D eigenvalue weighted by atomic mass is 79.9. The summed E-state index contributed by atoms with van der Waals surface area (Å²) in [6.07, 6.45) is 0. The molecule has 0 spiro atoms. The molecule has 0 bridgehead atoms. The van der Waals surface area contributed by atoms with Gasteiger partial charge in [-0.1, -0.05) is 51.3 Å². The number of hydrogen-bond donors (Lipinski definition) is 2. The summed E-state index contributed by atoms with van der Waals surface area (Å²) >= 11 is 15.1. The van der Waals surface area contributed by atoms with Crippen molar-refractivity contribution < 1.29 is 14.4 Å². The van der Waals surface area contributed by atoms with Crippen molar-refractivity contribution in [1.29, 1.82) is 0 Å². The van der Waals surface area contributed by atoms with Crippen molar-refractivity contribution in [3.05, 3.63) is 62.5 Å². The molecule has 1 saturated heterocycles. The number of imide groups is 1. The van der Waals surface area contributed by atoms with Crippen LogP contribution in [0.4, 0.5) is 10.5 Å². The topological polar surface area (TPSA) is 78.5 Å². The number of urea groups is 1. The van der Waals surface area contributed by atoms with E-state index < -0.39 is 29.9 Å². The lowest BCUT2D eigenvalue weighted by molar-refractivity contribution is -0.133. The first-order valence-corrected chi connectivity index (χ1v) is 9.40. The SMILES string of the molecule is CC1(c2cccc(Br)c2)NC(=O)N(CC(=O)Nc2ccc(Cl)c(Cl)c2)C1=O. The van der Waals surface area contributed by atoms with Gasteiger partial charge in [-0.15, -0.1) is 0 Å². The minimum Gasteiger partial charge on any atom is -0.324 e. The molecular weight excluding hydrogens is 457 g/mol. The van der Waals surface area contributed by atoms with Gasteiger partial charge in [0, 0.05) is 10.2 Å². The van der Waals surface area contributed by atoms with Crippen LogP contribution in [0, 0.1) is 0 Å². The zero-order valence-corrected chi connectivity index (χ0v) is 17.2. The van der Waals surface area contributed by atoms with Crippen LogP contribution in [0.5, 0.6) is 0 Å². The second kappa shape index (κ2) is 7.50. The Morgan fingerprint density at radius 1 is 1.19 bits per heavy atom. The van der Waals surface area contributed by atoms with Crippen LogP contribution in [0.1, 0.15) is 12.5 Å². The molecule has 2 N–H and O–H groups in total. The summed E-state index contributed by atoms with van der Waals surface area (Å²) < 4.78 is 0.777. The molecule has 1 aliphatic rings. The van der Waals surface area contributed by atoms with Crippen molar-refractivity contribution in [2.75, 3.05) is 11.9 Å². The van der Waals surface area contributed by atoms with Gasteiger partial charge in [-0.25, -0.2) is 4.79 Å². The normalized spacial score (nSPS) is 19.2. The van der Waals surface area contributed by atoms with Crippen LogP contribution in [-0.4, -0.2) is 29.3 Å². The monoisotopic (exact) mass is 469 g/mol. The molecule has 0 saturated carbocycles. The van der Waals surface area contributed by atoms with Crippen molar-refractivity contribution in [3.63, 3.8) is 0 Å². The summed E-state index contributed by atoms with van der Waals surface area (Å²) in [7, 11) is 0. The average Bonchev–Trinajstić information content (AvgIpc) is 2.82. The van der Waals surface area contributed by atoms with E-state index >= 15 is 0 Å². The smallest absolute Gasteiger partial charge is 0.324 e. The molecule has 1 atom stereocenters. The predicted octanol–water partition coefficient (Wildman–Crippen LogP) is 4.16. The molecule has 2 aromatic carbocycles. The third-order valence-electron chi connectivity index (χ3n) is 4.18. The van der Waals surface area contributed by atoms with Gasteiger partial charge in [-0.05, 0) is 42.8 Å². The molecule has 1 unspecified atom stereocenters. The van der Waals surface area contributed by atoms with E-state index in [-0.39, 0.29) is 5.02 Å². The Morgan fingerprint density at radius 3 is 2.59 bits per heavy atom. The van der Waals surface area contributed by atoms with Gasteiger partial charge in [0.2, 0.25) is 5.91 Å². The number of hydrogen-bond acceptors (Lipinski definition) is 3. The van der Waals surface area contributed by atoms with Crippen molar-refractivity contribution >= 4 is 62.7 Å². The van der Waals surface area contributed by atoms with Crippen molar-refractivity contribution in [1.82, 2.24) is 10.2 Å². The number of halogens is 3. The molecule has 0 radical (unpaired) electrons. The standard InChI is InChI=1S/C18H14BrCl2N3O3/c1-18(10-3-2-4-11(19)7-10)16(26)24(17(27)23-18)9-15(25)22-12-5-6-13(20)14(21)8-12/h2-8H,9H2,1H3,(H,22,25)(H,23,27). The van der Waals surface area contributed by atoms with Gasteiger partial charge in [-0.3, -0.25) is 14.5 Å². The fourth-order valence-corrected chi connectivity index (χ4v) is 3.45. The summed E-state index contributed by atoms with van der Waals surface area (Å²) in [6.45, 7) is 1.18. The van der Waals surface area contributed by atoms with Crippen molar-refractivity contribution in [2.24, 2.45) is 0 Å². The van der Waals surface area contributed by atoms with Crippen LogP contribution in [0.15, 0.2) is 46.9 Å². The van der Waals surface area contributed by atoms with Crippen LogP contribution in [0.3, 0.4) is 0 Å². The Morgan fingerprint density at radius 2 is 1.93 bits per heavy atom. The van der Waals surface area contributed by atoms with E-state index in [9.17, 15) is 14.4 Å². The summed E-state index contributed by atoms with van der Waals surface area (Å²) in [6, 6.07) is 11.0. The van der Waals surface area contributed by atoms with Crippen LogP contribution in [-0.2, 0) is 15.1 Å². The number of amides is 4. The summed E-state index contributed by atoms with van der Waals surface area (Å²) in [5, 5.41) is 5.89. The number of benzene rings is 2. The number of nitrogens with one attached hydrogen (secondary N) is 2. The van der Waals surface area contributed by atoms with Crippen molar-refractivity contribution in [2.45, 2.75) is 12.5 Å². The fraction of sp³-hybridized carbons (Fsp3) is 0.167. The van der Waals surface area contributed by atoms with Crippen LogP contribution in [0.2, 0.25) is 10.0 Å². The van der Waals surface area contributed by atoms with Crippen LogP contribution in [0.25, 0.3) is 0 Å². The van der Waals surface area contributed by atoms with Gasteiger partial charge >= 0.3 is 6.03 Å². The van der Waals surface area contributed by atoms with E-state index in [1.165, 1.54) is 12.1 Å². The van der Waals surface area contributed by atoms with E-state index in [1.54, 1.807) is 31.2 Å². The van der Waals surface area contributed by atoms with E-state index in [0.29, 0.717) is 16.3 Å². The molecule has 6 nitrogen and oxygen atoms in total. The third kappa shape index (κ3) is 3.95. The van der Waals surface area contributed by atoms with Gasteiger partial charge in [0.25, 0.3) is 5.91 Å². The Balaban J connectivity index is 1.75. The third-order valence-corrected chi connectivity index (χ3v) is 5.41. The molecule has 2 aromatic rings. The zero-order valence-electron chi connectivity index (χ0n) is 14.1. The van der Waals surface area contributed by atoms with Crippen molar-refractivity contribution in [3.8, 4) is 0 Å². The van der Waals surface area contributed by atoms with E-state index in [1.807, 2.05) is 6.07 Å². The molecular formula is C18H14BrCl2N3O3. The van der Waals surface area contributed by atoms with Crippen LogP contribution >= 0.6 is 39.1 Å². The predicted molar refractivity (Wildman–Crippen MR) is 107 cm³/mol. The van der Waals surface area contributed by atoms with E-state index in [0.717, 1.165) is 9.37 Å². The average molecular weight is 471 g/mol. The largest absolute Gasteiger partial charge is 0.325 e. The second-order valence-corrected chi connectivity index (χ2v) is 7.86. The minimum atomic E-state index is -1.25. The molecule has 1 fully saturated rings. The first-order valence-electron chi connectivity index (χ1n) is 7.86. The summed E-state index contributed by atoms with van der Waals surface area (Å²) in [5.41, 5.74) is -0.219. The van der Waals surface area contributed by atoms with Gasteiger partial charge in [-0.2, -0.15) is 0 Å². The quantitative estimate of drug-likeness (QED) is 0.658. The number of carbonyl (C=O) groups is 3. The Labute approximate surface area is 173 Å². The van der Waals surface area contributed by atoms with E-state index in [4.69, 9.17) is 23.2 Å². The van der Waals surface area contributed by atoms with Gasteiger partial charge in [0.1, 0.15) is 12.1 Å². The lowest BCUT2D eigenvalue weighted by Crippen LogP contribution is -2.42. The highest BCUT2D eigenvalue weighted by Gasteiger charge is 2.49. The van der Waals surface area contributed by atoms with E-state index in [2.05, 4.69) is 26.6 Å².